The van der Waals surface area contributed by atoms with E-state index < -0.39 is 5.43 Å². The highest BCUT2D eigenvalue weighted by Crippen LogP contribution is 2.44. The monoisotopic (exact) mass is 727 g/mol. The van der Waals surface area contributed by atoms with Crippen molar-refractivity contribution in [3.05, 3.63) is 88.6 Å². The lowest BCUT2D eigenvalue weighted by atomic mass is 10.1. The SMILES string of the molecule is COc1ccc(NC(=O)/C=C/c2ccc(OCCCOc3c(-c4cc(OC)c(OC)c(OC)c4)oc4cc(OC)cc(OC)c4c3=O)c(OC)c2)cc1. The highest BCUT2D eigenvalue weighted by molar-refractivity contribution is 6.02. The van der Waals surface area contributed by atoms with Gasteiger partial charge in [0.25, 0.3) is 0 Å². The molecule has 0 saturated carbocycles. The first-order valence-corrected chi connectivity index (χ1v) is 16.4. The Morgan fingerprint density at radius 1 is 0.642 bits per heavy atom. The van der Waals surface area contributed by atoms with E-state index in [1.807, 2.05) is 0 Å². The quantitative estimate of drug-likeness (QED) is 0.0777. The molecule has 1 heterocycles. The Morgan fingerprint density at radius 3 is 1.92 bits per heavy atom. The Morgan fingerprint density at radius 2 is 1.30 bits per heavy atom. The predicted molar refractivity (Wildman–Crippen MR) is 200 cm³/mol. The van der Waals surface area contributed by atoms with Gasteiger partial charge in [-0.1, -0.05) is 6.07 Å². The molecular weight excluding hydrogens is 686 g/mol. The van der Waals surface area contributed by atoms with Crippen LogP contribution in [0.25, 0.3) is 28.4 Å². The lowest BCUT2D eigenvalue weighted by Gasteiger charge is -2.17. The van der Waals surface area contributed by atoms with Crippen molar-refractivity contribution in [1.82, 2.24) is 0 Å². The molecule has 1 N–H and O–H groups in total. The number of fused-ring (bicyclic) bond motifs is 1. The molecule has 1 aromatic heterocycles. The molecule has 5 rings (SSSR count). The smallest absolute Gasteiger partial charge is 0.248 e. The molecule has 0 radical (unpaired) electrons. The van der Waals surface area contributed by atoms with E-state index >= 15 is 0 Å². The number of carbonyl (C=O) groups excluding carboxylic acids is 1. The molecule has 13 nitrogen and oxygen atoms in total. The summed E-state index contributed by atoms with van der Waals surface area (Å²) in [4.78, 5) is 26.5. The van der Waals surface area contributed by atoms with Gasteiger partial charge in [-0.05, 0) is 60.2 Å². The van der Waals surface area contributed by atoms with Gasteiger partial charge in [-0.25, -0.2) is 0 Å². The first kappa shape index (κ1) is 37.7. The molecule has 0 aliphatic carbocycles. The number of benzene rings is 4. The molecule has 0 atom stereocenters. The normalized spacial score (nSPS) is 10.8. The Hall–Kier alpha value is -6.50. The van der Waals surface area contributed by atoms with Crippen molar-refractivity contribution in [2.24, 2.45) is 0 Å². The number of carbonyl (C=O) groups is 1. The highest BCUT2D eigenvalue weighted by Gasteiger charge is 2.24. The fraction of sp³-hybridized carbons (Fsp3) is 0.250. The lowest BCUT2D eigenvalue weighted by molar-refractivity contribution is -0.111. The first-order chi connectivity index (χ1) is 25.8. The summed E-state index contributed by atoms with van der Waals surface area (Å²) in [6.07, 6.45) is 3.49. The third-order valence-corrected chi connectivity index (χ3v) is 8.04. The van der Waals surface area contributed by atoms with Gasteiger partial charge in [-0.2, -0.15) is 0 Å². The van der Waals surface area contributed by atoms with Crippen molar-refractivity contribution in [2.45, 2.75) is 6.42 Å². The first-order valence-electron chi connectivity index (χ1n) is 16.4. The summed E-state index contributed by atoms with van der Waals surface area (Å²) in [7, 11) is 10.6. The van der Waals surface area contributed by atoms with Crippen LogP contribution in [0.15, 0.2) is 82.0 Å². The topological polar surface area (TPSA) is 142 Å². The van der Waals surface area contributed by atoms with Gasteiger partial charge in [0.2, 0.25) is 22.8 Å². The Labute approximate surface area is 306 Å². The number of nitrogens with one attached hydrogen (secondary N) is 1. The van der Waals surface area contributed by atoms with Gasteiger partial charge in [-0.3, -0.25) is 9.59 Å². The number of amides is 1. The molecular formula is C40H41NO12. The second-order valence-electron chi connectivity index (χ2n) is 11.2. The van der Waals surface area contributed by atoms with Gasteiger partial charge in [0.05, 0.1) is 63.0 Å². The largest absolute Gasteiger partial charge is 0.497 e. The third kappa shape index (κ3) is 8.70. The van der Waals surface area contributed by atoms with Crippen LogP contribution < -0.4 is 53.4 Å². The maximum absolute atomic E-state index is 14.1. The van der Waals surface area contributed by atoms with Crippen LogP contribution in [0.3, 0.4) is 0 Å². The van der Waals surface area contributed by atoms with Crippen LogP contribution in [0.1, 0.15) is 12.0 Å². The summed E-state index contributed by atoms with van der Waals surface area (Å²) < 4.78 is 56.7. The predicted octanol–water partition coefficient (Wildman–Crippen LogP) is 7.02. The van der Waals surface area contributed by atoms with E-state index in [1.54, 1.807) is 79.9 Å². The molecule has 13 heteroatoms. The van der Waals surface area contributed by atoms with Crippen molar-refractivity contribution in [3.8, 4) is 63.1 Å². The molecule has 0 saturated heterocycles. The van der Waals surface area contributed by atoms with Crippen molar-refractivity contribution in [3.63, 3.8) is 0 Å². The highest BCUT2D eigenvalue weighted by atomic mass is 16.5. The molecule has 0 fully saturated rings. The number of ether oxygens (including phenoxy) is 9. The summed E-state index contributed by atoms with van der Waals surface area (Å²) in [5, 5.41) is 2.99. The Kier molecular flexibility index (Phi) is 12.6. The Bertz CT molecular complexity index is 2110. The number of anilines is 1. The number of methoxy groups -OCH3 is 7. The summed E-state index contributed by atoms with van der Waals surface area (Å²) >= 11 is 0. The zero-order valence-electron chi connectivity index (χ0n) is 30.5. The molecule has 0 spiro atoms. The standard InChI is InChI=1S/C40H41NO12/c1-44-27-13-11-26(12-14-27)41-35(42)16-10-24-9-15-29(30(19-24)46-3)51-17-8-18-52-40-37(43)36-31(47-4)22-28(45-2)23-32(36)53-38(40)25-20-33(48-5)39(50-7)34(21-25)49-6/h9-16,19-23H,8,17-18H2,1-7H3,(H,41,42)/b16-10+. The van der Waals surface area contributed by atoms with Crippen LogP contribution in [-0.2, 0) is 4.79 Å². The van der Waals surface area contributed by atoms with Crippen LogP contribution in [0.5, 0.6) is 51.7 Å². The van der Waals surface area contributed by atoms with Crippen LogP contribution in [0, 0.1) is 0 Å². The molecule has 0 unspecified atom stereocenters. The van der Waals surface area contributed by atoms with Crippen LogP contribution in [0.2, 0.25) is 0 Å². The van der Waals surface area contributed by atoms with Gasteiger partial charge in [0, 0.05) is 35.9 Å². The van der Waals surface area contributed by atoms with E-state index in [0.29, 0.717) is 57.9 Å². The molecule has 5 aromatic rings. The van der Waals surface area contributed by atoms with Crippen molar-refractivity contribution < 1.29 is 51.8 Å². The van der Waals surface area contributed by atoms with E-state index in [2.05, 4.69) is 5.32 Å². The summed E-state index contributed by atoms with van der Waals surface area (Å²) in [6, 6.07) is 18.9. The molecule has 4 aromatic carbocycles. The van der Waals surface area contributed by atoms with Crippen molar-refractivity contribution >= 4 is 28.6 Å². The third-order valence-electron chi connectivity index (χ3n) is 8.04. The minimum Gasteiger partial charge on any atom is -0.497 e. The van der Waals surface area contributed by atoms with Gasteiger partial charge in [-0.15, -0.1) is 0 Å². The summed E-state index contributed by atoms with van der Waals surface area (Å²) in [6.45, 7) is 0.327. The van der Waals surface area contributed by atoms with E-state index in [4.69, 9.17) is 47.0 Å². The molecule has 1 amide bonds. The van der Waals surface area contributed by atoms with Crippen molar-refractivity contribution in [2.75, 3.05) is 68.3 Å². The summed E-state index contributed by atoms with van der Waals surface area (Å²) in [5.41, 5.74) is 1.61. The van der Waals surface area contributed by atoms with Crippen LogP contribution in [-0.4, -0.2) is 68.9 Å². The van der Waals surface area contributed by atoms with Gasteiger partial charge in [0.1, 0.15) is 28.2 Å². The summed E-state index contributed by atoms with van der Waals surface area (Å²) in [5.74, 6) is 3.28. The maximum atomic E-state index is 14.1. The number of hydrogen-bond donors (Lipinski definition) is 1. The van der Waals surface area contributed by atoms with E-state index in [-0.39, 0.29) is 47.3 Å². The maximum Gasteiger partial charge on any atom is 0.248 e. The van der Waals surface area contributed by atoms with E-state index in [1.165, 1.54) is 48.7 Å². The van der Waals surface area contributed by atoms with Gasteiger partial charge < -0.3 is 52.4 Å². The lowest BCUT2D eigenvalue weighted by Crippen LogP contribution is -2.14. The van der Waals surface area contributed by atoms with Crippen LogP contribution in [0.4, 0.5) is 5.69 Å². The second-order valence-corrected chi connectivity index (χ2v) is 11.2. The average Bonchev–Trinajstić information content (AvgIpc) is 3.19. The van der Waals surface area contributed by atoms with Gasteiger partial charge >= 0.3 is 0 Å². The molecule has 0 aliphatic heterocycles. The fourth-order valence-electron chi connectivity index (χ4n) is 5.41. The van der Waals surface area contributed by atoms with Gasteiger partial charge in [0.15, 0.2) is 28.8 Å². The van der Waals surface area contributed by atoms with Crippen molar-refractivity contribution in [1.29, 1.82) is 0 Å². The Balaban J connectivity index is 1.32. The minimum atomic E-state index is -0.446. The fourth-order valence-corrected chi connectivity index (χ4v) is 5.41. The molecule has 0 aliphatic rings. The number of hydrogen-bond acceptors (Lipinski definition) is 12. The number of rotatable bonds is 17. The molecule has 0 bridgehead atoms. The zero-order valence-corrected chi connectivity index (χ0v) is 30.5. The average molecular weight is 728 g/mol. The minimum absolute atomic E-state index is 0.0417. The zero-order chi connectivity index (χ0) is 37.9. The van der Waals surface area contributed by atoms with E-state index in [9.17, 15) is 9.59 Å². The molecule has 53 heavy (non-hydrogen) atoms. The molecule has 278 valence electrons. The second kappa shape index (κ2) is 17.6. The van der Waals surface area contributed by atoms with E-state index in [0.717, 1.165) is 5.56 Å². The van der Waals surface area contributed by atoms with Crippen LogP contribution >= 0.6 is 0 Å².